The van der Waals surface area contributed by atoms with Gasteiger partial charge in [-0.1, -0.05) is 48.0 Å². The lowest BCUT2D eigenvalue weighted by Gasteiger charge is -2.36. The van der Waals surface area contributed by atoms with E-state index >= 15 is 0 Å². The summed E-state index contributed by atoms with van der Waals surface area (Å²) in [7, 11) is 0. The van der Waals surface area contributed by atoms with Gasteiger partial charge in [-0.15, -0.1) is 0 Å². The summed E-state index contributed by atoms with van der Waals surface area (Å²) in [5.41, 5.74) is 3.53. The Morgan fingerprint density at radius 2 is 1.97 bits per heavy atom. The van der Waals surface area contributed by atoms with Gasteiger partial charge in [0.05, 0.1) is 16.6 Å². The molecule has 6 heteroatoms. The quantitative estimate of drug-likeness (QED) is 0.679. The highest BCUT2D eigenvalue weighted by atomic mass is 35.5. The highest BCUT2D eigenvalue weighted by Gasteiger charge is 2.26. The molecule has 1 atom stereocenters. The van der Waals surface area contributed by atoms with Crippen molar-refractivity contribution in [1.82, 2.24) is 15.2 Å². The van der Waals surface area contributed by atoms with E-state index in [9.17, 15) is 9.18 Å². The Morgan fingerprint density at radius 3 is 2.72 bits per heavy atom. The topological polar surface area (TPSA) is 45.2 Å². The molecule has 0 saturated carbocycles. The van der Waals surface area contributed by atoms with Crippen LogP contribution < -0.4 is 5.32 Å². The summed E-state index contributed by atoms with van der Waals surface area (Å²) in [6, 6.07) is 16.4. The number of fused-ring (bicyclic) bond motifs is 1. The molecule has 0 fully saturated rings. The molecule has 1 aromatic heterocycles. The fourth-order valence-corrected chi connectivity index (χ4v) is 4.06. The van der Waals surface area contributed by atoms with Crippen LogP contribution >= 0.6 is 11.6 Å². The van der Waals surface area contributed by atoms with E-state index in [0.717, 1.165) is 25.1 Å². The van der Waals surface area contributed by atoms with Crippen molar-refractivity contribution in [2.75, 3.05) is 13.1 Å². The van der Waals surface area contributed by atoms with Gasteiger partial charge in [0.2, 0.25) is 0 Å². The monoisotopic (exact) mass is 409 g/mol. The number of aromatic nitrogens is 1. The van der Waals surface area contributed by atoms with Crippen LogP contribution in [0, 0.1) is 5.82 Å². The lowest BCUT2D eigenvalue weighted by atomic mass is 9.97. The van der Waals surface area contributed by atoms with Crippen molar-refractivity contribution in [3.05, 3.63) is 100 Å². The molecular formula is C23H21ClFN3O. The summed E-state index contributed by atoms with van der Waals surface area (Å²) in [5.74, 6) is -1.14. The third-order valence-corrected chi connectivity index (χ3v) is 5.63. The van der Waals surface area contributed by atoms with Gasteiger partial charge >= 0.3 is 0 Å². The minimum Gasteiger partial charge on any atom is -0.350 e. The Bertz CT molecular complexity index is 992. The van der Waals surface area contributed by atoms with Gasteiger partial charge in [0.1, 0.15) is 5.82 Å². The first kappa shape index (κ1) is 19.6. The molecule has 1 aliphatic rings. The van der Waals surface area contributed by atoms with Crippen molar-refractivity contribution in [3.8, 4) is 0 Å². The Morgan fingerprint density at radius 1 is 1.14 bits per heavy atom. The first-order chi connectivity index (χ1) is 14.1. The van der Waals surface area contributed by atoms with Crippen LogP contribution in [0.4, 0.5) is 4.39 Å². The second-order valence-electron chi connectivity index (χ2n) is 7.10. The molecule has 0 spiro atoms. The second kappa shape index (κ2) is 8.72. The Hall–Kier alpha value is -2.76. The van der Waals surface area contributed by atoms with E-state index in [4.69, 9.17) is 11.6 Å². The molecule has 1 N–H and O–H groups in total. The lowest BCUT2D eigenvalue weighted by molar-refractivity contribution is 0.0924. The zero-order valence-electron chi connectivity index (χ0n) is 15.8. The lowest BCUT2D eigenvalue weighted by Crippen LogP contribution is -2.41. The van der Waals surface area contributed by atoms with Crippen molar-refractivity contribution in [3.63, 3.8) is 0 Å². The number of hydrogen-bond acceptors (Lipinski definition) is 3. The number of nitrogens with zero attached hydrogens (tertiary/aromatic N) is 2. The number of nitrogens with one attached hydrogen (secondary N) is 1. The molecular weight excluding hydrogens is 389 g/mol. The zero-order valence-corrected chi connectivity index (χ0v) is 16.6. The molecule has 0 aliphatic carbocycles. The number of pyridine rings is 1. The molecule has 4 nitrogen and oxygen atoms in total. The maximum absolute atomic E-state index is 14.1. The first-order valence-electron chi connectivity index (χ1n) is 9.56. The van der Waals surface area contributed by atoms with E-state index in [1.165, 1.54) is 29.3 Å². The van der Waals surface area contributed by atoms with Gasteiger partial charge in [0.15, 0.2) is 0 Å². The third kappa shape index (κ3) is 4.31. The SMILES string of the molecule is O=C(NC[C@H](c1cccnc1)N1CCc2ccccc2C1)c1c(F)cccc1Cl. The van der Waals surface area contributed by atoms with Crippen LogP contribution in [-0.4, -0.2) is 28.9 Å². The van der Waals surface area contributed by atoms with Crippen LogP contribution in [0.25, 0.3) is 0 Å². The van der Waals surface area contributed by atoms with Gasteiger partial charge < -0.3 is 5.32 Å². The summed E-state index contributed by atoms with van der Waals surface area (Å²) in [4.78, 5) is 19.2. The molecule has 148 valence electrons. The summed E-state index contributed by atoms with van der Waals surface area (Å²) in [5, 5.41) is 2.97. The molecule has 1 aliphatic heterocycles. The van der Waals surface area contributed by atoms with Gasteiger partial charge in [-0.25, -0.2) is 4.39 Å². The van der Waals surface area contributed by atoms with Crippen LogP contribution in [0.5, 0.6) is 0 Å². The normalized spacial score (nSPS) is 14.8. The molecule has 0 saturated heterocycles. The van der Waals surface area contributed by atoms with Crippen LogP contribution in [0.15, 0.2) is 67.0 Å². The standard InChI is InChI=1S/C23H21ClFN3O/c24-19-8-3-9-20(25)22(19)23(29)27-14-21(17-7-4-11-26-13-17)28-12-10-16-5-1-2-6-18(16)15-28/h1-9,11,13,21H,10,12,14-15H2,(H,27,29)/t21-/m1/s1. The fraction of sp³-hybridized carbons (Fsp3) is 0.217. The van der Waals surface area contributed by atoms with E-state index < -0.39 is 11.7 Å². The van der Waals surface area contributed by atoms with Crippen LogP contribution in [-0.2, 0) is 13.0 Å². The third-order valence-electron chi connectivity index (χ3n) is 5.32. The average Bonchev–Trinajstić information content (AvgIpc) is 2.74. The number of halogens is 2. The molecule has 29 heavy (non-hydrogen) atoms. The van der Waals surface area contributed by atoms with Crippen LogP contribution in [0.2, 0.25) is 5.02 Å². The largest absolute Gasteiger partial charge is 0.350 e. The smallest absolute Gasteiger partial charge is 0.255 e. The molecule has 3 aromatic rings. The van der Waals surface area contributed by atoms with E-state index in [-0.39, 0.29) is 16.6 Å². The summed E-state index contributed by atoms with van der Waals surface area (Å²) in [6.45, 7) is 1.98. The Labute approximate surface area is 174 Å². The van der Waals surface area contributed by atoms with Gasteiger partial charge in [-0.05, 0) is 41.3 Å². The second-order valence-corrected chi connectivity index (χ2v) is 7.51. The van der Waals surface area contributed by atoms with Crippen LogP contribution in [0.1, 0.15) is 33.1 Å². The van der Waals surface area contributed by atoms with E-state index in [1.807, 2.05) is 24.4 Å². The molecule has 1 amide bonds. The highest BCUT2D eigenvalue weighted by molar-refractivity contribution is 6.33. The van der Waals surface area contributed by atoms with E-state index in [1.54, 1.807) is 6.20 Å². The van der Waals surface area contributed by atoms with Crippen molar-refractivity contribution in [2.45, 2.75) is 19.0 Å². The number of carbonyl (C=O) groups is 1. The zero-order chi connectivity index (χ0) is 20.2. The fourth-order valence-electron chi connectivity index (χ4n) is 3.81. The molecule has 0 bridgehead atoms. The molecule has 4 rings (SSSR count). The highest BCUT2D eigenvalue weighted by Crippen LogP contribution is 2.27. The van der Waals surface area contributed by atoms with Gasteiger partial charge in [0.25, 0.3) is 5.91 Å². The minimum atomic E-state index is -0.625. The Kier molecular flexibility index (Phi) is 5.88. The van der Waals surface area contributed by atoms with Crippen molar-refractivity contribution in [1.29, 1.82) is 0 Å². The molecule has 2 aromatic carbocycles. The maximum atomic E-state index is 14.1. The molecule has 2 heterocycles. The Balaban J connectivity index is 1.55. The number of benzene rings is 2. The summed E-state index contributed by atoms with van der Waals surface area (Å²) < 4.78 is 14.1. The van der Waals surface area contributed by atoms with Crippen LogP contribution in [0.3, 0.4) is 0 Å². The molecule has 0 unspecified atom stereocenters. The summed E-state index contributed by atoms with van der Waals surface area (Å²) in [6.07, 6.45) is 4.48. The van der Waals surface area contributed by atoms with Gasteiger partial charge in [-0.3, -0.25) is 14.7 Å². The van der Waals surface area contributed by atoms with Crippen molar-refractivity contribution >= 4 is 17.5 Å². The number of hydrogen-bond donors (Lipinski definition) is 1. The predicted molar refractivity (Wildman–Crippen MR) is 111 cm³/mol. The number of carbonyl (C=O) groups excluding carboxylic acids is 1. The van der Waals surface area contributed by atoms with Crippen molar-refractivity contribution < 1.29 is 9.18 Å². The number of amides is 1. The first-order valence-corrected chi connectivity index (χ1v) is 9.94. The predicted octanol–water partition coefficient (Wildman–Crippen LogP) is 4.40. The summed E-state index contributed by atoms with van der Waals surface area (Å²) >= 11 is 6.04. The average molecular weight is 410 g/mol. The number of rotatable bonds is 5. The van der Waals surface area contributed by atoms with E-state index in [0.29, 0.717) is 6.54 Å². The van der Waals surface area contributed by atoms with E-state index in [2.05, 4.69) is 33.4 Å². The maximum Gasteiger partial charge on any atom is 0.255 e. The minimum absolute atomic E-state index is 0.0773. The molecule has 0 radical (unpaired) electrons. The van der Waals surface area contributed by atoms with Gasteiger partial charge in [0, 0.05) is 32.0 Å². The van der Waals surface area contributed by atoms with Gasteiger partial charge in [-0.2, -0.15) is 0 Å². The van der Waals surface area contributed by atoms with Crippen molar-refractivity contribution in [2.24, 2.45) is 0 Å².